The van der Waals surface area contributed by atoms with Gasteiger partial charge in [0.1, 0.15) is 0 Å². The third kappa shape index (κ3) is 5.63. The summed E-state index contributed by atoms with van der Waals surface area (Å²) < 4.78 is 41.3. The van der Waals surface area contributed by atoms with E-state index in [-0.39, 0.29) is 24.2 Å². The first-order valence-corrected chi connectivity index (χ1v) is 8.60. The van der Waals surface area contributed by atoms with E-state index in [1.807, 2.05) is 0 Å². The number of alkyl halides is 3. The van der Waals surface area contributed by atoms with Gasteiger partial charge in [0.05, 0.1) is 23.5 Å². The van der Waals surface area contributed by atoms with Gasteiger partial charge in [-0.25, -0.2) is 0 Å². The van der Waals surface area contributed by atoms with Crippen molar-refractivity contribution >= 4 is 23.2 Å². The number of rotatable bonds is 7. The Morgan fingerprint density at radius 3 is 2.32 bits per heavy atom. The first kappa shape index (κ1) is 19.5. The molecule has 0 heterocycles. The van der Waals surface area contributed by atoms with Crippen molar-refractivity contribution < 1.29 is 27.5 Å². The first-order valence-electron chi connectivity index (χ1n) is 8.60. The average Bonchev–Trinajstić information content (AvgIpc) is 3.44. The standard InChI is InChI=1S/C19H18F3N3O3/c20-19(21,22)28-16-8-4-3-7-15(16)23-11-17(26)25-14-6-2-1-5-13(14)18(27)24-12-9-10-12/h1-8,12,23H,9-11H2,(H,24,27)(H,25,26). The van der Waals surface area contributed by atoms with Crippen LogP contribution in [0.1, 0.15) is 23.2 Å². The molecule has 2 aromatic rings. The Kier molecular flexibility index (Phi) is 5.72. The van der Waals surface area contributed by atoms with E-state index < -0.39 is 18.0 Å². The molecule has 0 radical (unpaired) electrons. The lowest BCUT2D eigenvalue weighted by atomic mass is 10.1. The number of anilines is 2. The Morgan fingerprint density at radius 2 is 1.64 bits per heavy atom. The number of benzene rings is 2. The molecule has 3 rings (SSSR count). The number of amides is 2. The van der Waals surface area contributed by atoms with Crippen LogP contribution in [0.2, 0.25) is 0 Å². The highest BCUT2D eigenvalue weighted by Crippen LogP contribution is 2.29. The van der Waals surface area contributed by atoms with Gasteiger partial charge in [-0.05, 0) is 37.1 Å². The van der Waals surface area contributed by atoms with Crippen molar-refractivity contribution in [3.05, 3.63) is 54.1 Å². The zero-order chi connectivity index (χ0) is 20.1. The number of nitrogens with one attached hydrogen (secondary N) is 3. The van der Waals surface area contributed by atoms with Gasteiger partial charge in [-0.2, -0.15) is 0 Å². The van der Waals surface area contributed by atoms with Crippen molar-refractivity contribution in [2.24, 2.45) is 0 Å². The van der Waals surface area contributed by atoms with Crippen LogP contribution in [0.4, 0.5) is 24.5 Å². The van der Waals surface area contributed by atoms with Gasteiger partial charge in [0.15, 0.2) is 5.75 Å². The van der Waals surface area contributed by atoms with Crippen LogP contribution in [-0.2, 0) is 4.79 Å². The minimum Gasteiger partial charge on any atom is -0.404 e. The third-order valence-electron chi connectivity index (χ3n) is 3.91. The molecule has 6 nitrogen and oxygen atoms in total. The van der Waals surface area contributed by atoms with Gasteiger partial charge in [-0.3, -0.25) is 9.59 Å². The van der Waals surface area contributed by atoms with Crippen molar-refractivity contribution in [1.82, 2.24) is 5.32 Å². The average molecular weight is 393 g/mol. The smallest absolute Gasteiger partial charge is 0.404 e. The summed E-state index contributed by atoms with van der Waals surface area (Å²) in [5.41, 5.74) is 0.672. The number of ether oxygens (including phenoxy) is 1. The van der Waals surface area contributed by atoms with Crippen LogP contribution in [0.5, 0.6) is 5.75 Å². The molecule has 1 saturated carbocycles. The Morgan fingerprint density at radius 1 is 1.00 bits per heavy atom. The highest BCUT2D eigenvalue weighted by atomic mass is 19.4. The third-order valence-corrected chi connectivity index (χ3v) is 3.91. The van der Waals surface area contributed by atoms with Crippen molar-refractivity contribution in [2.45, 2.75) is 25.2 Å². The zero-order valence-corrected chi connectivity index (χ0v) is 14.7. The molecule has 0 unspecified atom stereocenters. The number of halogens is 3. The summed E-state index contributed by atoms with van der Waals surface area (Å²) in [6.45, 7) is -0.309. The van der Waals surface area contributed by atoms with Crippen LogP contribution in [0, 0.1) is 0 Å². The van der Waals surface area contributed by atoms with E-state index in [4.69, 9.17) is 0 Å². The molecule has 148 valence electrons. The van der Waals surface area contributed by atoms with Crippen LogP contribution in [-0.4, -0.2) is 30.8 Å². The second kappa shape index (κ2) is 8.20. The molecular formula is C19H18F3N3O3. The summed E-state index contributed by atoms with van der Waals surface area (Å²) in [5.74, 6) is -1.24. The normalized spacial score (nSPS) is 13.5. The highest BCUT2D eigenvalue weighted by molar-refractivity contribution is 6.04. The summed E-state index contributed by atoms with van der Waals surface area (Å²) in [6, 6.07) is 12.1. The molecule has 1 aliphatic carbocycles. The summed E-state index contributed by atoms with van der Waals surface area (Å²) in [5, 5.41) is 8.05. The summed E-state index contributed by atoms with van der Waals surface area (Å²) in [7, 11) is 0. The molecule has 0 spiro atoms. The van der Waals surface area contributed by atoms with E-state index in [1.165, 1.54) is 18.2 Å². The van der Waals surface area contributed by atoms with Gasteiger partial charge in [0, 0.05) is 6.04 Å². The van der Waals surface area contributed by atoms with Crippen LogP contribution in [0.3, 0.4) is 0 Å². The molecule has 0 saturated heterocycles. The minimum atomic E-state index is -4.84. The van der Waals surface area contributed by atoms with E-state index in [1.54, 1.807) is 24.3 Å². The molecule has 0 aromatic heterocycles. The minimum absolute atomic E-state index is 0.0229. The van der Waals surface area contributed by atoms with E-state index in [9.17, 15) is 22.8 Å². The maximum absolute atomic E-state index is 12.5. The molecule has 0 aliphatic heterocycles. The molecule has 3 N–H and O–H groups in total. The fraction of sp³-hybridized carbons (Fsp3) is 0.263. The van der Waals surface area contributed by atoms with E-state index in [0.717, 1.165) is 18.9 Å². The highest BCUT2D eigenvalue weighted by Gasteiger charge is 2.32. The van der Waals surface area contributed by atoms with Crippen LogP contribution < -0.4 is 20.7 Å². The van der Waals surface area contributed by atoms with E-state index in [0.29, 0.717) is 11.3 Å². The lowest BCUT2D eigenvalue weighted by Crippen LogP contribution is -2.28. The number of carbonyl (C=O) groups excluding carboxylic acids is 2. The molecule has 0 atom stereocenters. The fourth-order valence-electron chi connectivity index (χ4n) is 2.48. The monoisotopic (exact) mass is 393 g/mol. The molecule has 9 heteroatoms. The lowest BCUT2D eigenvalue weighted by Gasteiger charge is -2.15. The molecule has 0 bridgehead atoms. The van der Waals surface area contributed by atoms with Crippen molar-refractivity contribution in [3.63, 3.8) is 0 Å². The largest absolute Gasteiger partial charge is 0.573 e. The van der Waals surface area contributed by atoms with E-state index >= 15 is 0 Å². The van der Waals surface area contributed by atoms with Crippen LogP contribution in [0.25, 0.3) is 0 Å². The van der Waals surface area contributed by atoms with Gasteiger partial charge >= 0.3 is 6.36 Å². The van der Waals surface area contributed by atoms with Gasteiger partial charge < -0.3 is 20.7 Å². The van der Waals surface area contributed by atoms with Crippen LogP contribution in [0.15, 0.2) is 48.5 Å². The molecule has 2 aromatic carbocycles. The molecular weight excluding hydrogens is 375 g/mol. The quantitative estimate of drug-likeness (QED) is 0.673. The Balaban J connectivity index is 1.62. The van der Waals surface area contributed by atoms with Gasteiger partial charge in [0.25, 0.3) is 5.91 Å². The number of hydrogen-bond donors (Lipinski definition) is 3. The second-order valence-electron chi connectivity index (χ2n) is 6.24. The van der Waals surface area contributed by atoms with Gasteiger partial charge in [0.2, 0.25) is 5.91 Å². The fourth-order valence-corrected chi connectivity index (χ4v) is 2.48. The predicted octanol–water partition coefficient (Wildman–Crippen LogP) is 3.53. The molecule has 1 fully saturated rings. The molecule has 28 heavy (non-hydrogen) atoms. The van der Waals surface area contributed by atoms with Crippen molar-refractivity contribution in [1.29, 1.82) is 0 Å². The Hall–Kier alpha value is -3.23. The lowest BCUT2D eigenvalue weighted by molar-refractivity contribution is -0.274. The van der Waals surface area contributed by atoms with E-state index in [2.05, 4.69) is 20.7 Å². The second-order valence-corrected chi connectivity index (χ2v) is 6.24. The van der Waals surface area contributed by atoms with Gasteiger partial charge in [-0.1, -0.05) is 24.3 Å². The number of para-hydroxylation sites is 3. The molecule has 1 aliphatic rings. The Bertz CT molecular complexity index is 867. The van der Waals surface area contributed by atoms with Crippen molar-refractivity contribution in [3.8, 4) is 5.75 Å². The number of hydrogen-bond acceptors (Lipinski definition) is 4. The maximum Gasteiger partial charge on any atom is 0.573 e. The topological polar surface area (TPSA) is 79.5 Å². The predicted molar refractivity (Wildman–Crippen MR) is 97.2 cm³/mol. The number of carbonyl (C=O) groups is 2. The molecule has 2 amide bonds. The Labute approximate surface area is 159 Å². The SMILES string of the molecule is O=C(CNc1ccccc1OC(F)(F)F)Nc1ccccc1C(=O)NC1CC1. The zero-order valence-electron chi connectivity index (χ0n) is 14.7. The first-order chi connectivity index (χ1) is 13.3. The summed E-state index contributed by atoms with van der Waals surface area (Å²) in [4.78, 5) is 24.5. The summed E-state index contributed by atoms with van der Waals surface area (Å²) >= 11 is 0. The summed E-state index contributed by atoms with van der Waals surface area (Å²) in [6.07, 6.45) is -2.97. The van der Waals surface area contributed by atoms with Crippen molar-refractivity contribution in [2.75, 3.05) is 17.2 Å². The van der Waals surface area contributed by atoms with Gasteiger partial charge in [-0.15, -0.1) is 13.2 Å². The van der Waals surface area contributed by atoms with Crippen LogP contribution >= 0.6 is 0 Å². The maximum atomic E-state index is 12.5.